The third-order valence-electron chi connectivity index (χ3n) is 3.37. The average molecular weight is 373 g/mol. The molecule has 0 aromatic heterocycles. The second kappa shape index (κ2) is 12.0. The van der Waals surface area contributed by atoms with E-state index < -0.39 is 0 Å². The fraction of sp³-hybridized carbons (Fsp3) is 0.458. The summed E-state index contributed by atoms with van der Waals surface area (Å²) in [5.41, 5.74) is 2.80. The van der Waals surface area contributed by atoms with Crippen molar-refractivity contribution in [3.8, 4) is 0 Å². The topological polar surface area (TPSA) is 17.1 Å². The summed E-state index contributed by atoms with van der Waals surface area (Å²) in [5, 5.41) is 0. The van der Waals surface area contributed by atoms with E-state index in [1.165, 1.54) is 5.56 Å². The molecule has 1 aliphatic rings. The lowest BCUT2D eigenvalue weighted by atomic mass is 9.86. The average Bonchev–Trinajstić information content (AvgIpc) is 2.79. The van der Waals surface area contributed by atoms with Crippen LogP contribution in [0, 0.1) is 5.92 Å². The van der Waals surface area contributed by atoms with E-state index in [-0.39, 0.29) is 11.2 Å². The van der Waals surface area contributed by atoms with Crippen LogP contribution in [0.4, 0.5) is 0 Å². The molecule has 0 bridgehead atoms. The quantitative estimate of drug-likeness (QED) is 0.419. The minimum Gasteiger partial charge on any atom is -0.289 e. The van der Waals surface area contributed by atoms with Crippen molar-refractivity contribution in [1.29, 1.82) is 0 Å². The number of carbonyl (C=O) groups is 1. The van der Waals surface area contributed by atoms with Gasteiger partial charge in [0.1, 0.15) is 0 Å². The predicted molar refractivity (Wildman–Crippen MR) is 120 cm³/mol. The van der Waals surface area contributed by atoms with Gasteiger partial charge >= 0.3 is 0 Å². The Kier molecular flexibility index (Phi) is 11.2. The third-order valence-corrected chi connectivity index (χ3v) is 3.71. The van der Waals surface area contributed by atoms with E-state index in [1.807, 2.05) is 62.4 Å². The molecule has 0 radical (unpaired) electrons. The van der Waals surface area contributed by atoms with Crippen molar-refractivity contribution in [1.82, 2.24) is 0 Å². The van der Waals surface area contributed by atoms with Crippen LogP contribution in [-0.2, 0) is 5.41 Å². The summed E-state index contributed by atoms with van der Waals surface area (Å²) in [6, 6.07) is 7.90. The van der Waals surface area contributed by atoms with Crippen molar-refractivity contribution >= 4 is 18.4 Å². The van der Waals surface area contributed by atoms with Gasteiger partial charge in [-0.05, 0) is 29.4 Å². The normalized spacial score (nSPS) is 13.5. The first-order valence-electron chi connectivity index (χ1n) is 9.54. The molecule has 1 aromatic rings. The van der Waals surface area contributed by atoms with Crippen LogP contribution >= 0.6 is 12.6 Å². The van der Waals surface area contributed by atoms with E-state index >= 15 is 0 Å². The summed E-state index contributed by atoms with van der Waals surface area (Å²) in [6.07, 6.45) is 8.38. The zero-order valence-corrected chi connectivity index (χ0v) is 18.7. The molecule has 1 aliphatic carbocycles. The summed E-state index contributed by atoms with van der Waals surface area (Å²) < 4.78 is 0. The van der Waals surface area contributed by atoms with Gasteiger partial charge in [0.05, 0.1) is 0 Å². The Balaban J connectivity index is 0.000000920. The van der Waals surface area contributed by atoms with Gasteiger partial charge in [0.25, 0.3) is 0 Å². The molecule has 2 heteroatoms. The fourth-order valence-electron chi connectivity index (χ4n) is 2.07. The molecule has 0 fully saturated rings. The zero-order chi connectivity index (χ0) is 20.3. The smallest absolute Gasteiger partial charge is 0.192 e. The number of carbonyl (C=O) groups excluding carboxylic acids is 1. The number of Topliss-reactive ketones (excluding diaryl/α,β-unsaturated/α-hetero) is 1. The minimum atomic E-state index is 0.0677. The molecule has 0 amide bonds. The molecule has 26 heavy (non-hydrogen) atoms. The number of hydrogen-bond donors (Lipinski definition) is 1. The molecule has 144 valence electrons. The van der Waals surface area contributed by atoms with Crippen LogP contribution in [0.5, 0.6) is 0 Å². The highest BCUT2D eigenvalue weighted by Crippen LogP contribution is 2.23. The standard InChI is InChI=1S/C18H20OS.C4H10.C2H6/c1-18(2,3)15-10-7-14(8-11-15)17(19)13-5-4-6-16(20)12-9-13;1-4(2)3;1-2/h5-12,20H,4H2,1-3H3;4H,1-3H3;1-2H3. The Labute approximate surface area is 166 Å². The van der Waals surface area contributed by atoms with Crippen molar-refractivity contribution in [2.75, 3.05) is 0 Å². The minimum absolute atomic E-state index is 0.0677. The number of hydrogen-bond acceptors (Lipinski definition) is 2. The van der Waals surface area contributed by atoms with Gasteiger partial charge in [-0.2, -0.15) is 0 Å². The van der Waals surface area contributed by atoms with Gasteiger partial charge in [0.2, 0.25) is 0 Å². The van der Waals surface area contributed by atoms with Crippen molar-refractivity contribution in [2.24, 2.45) is 5.92 Å². The molecule has 0 N–H and O–H groups in total. The molecule has 0 heterocycles. The summed E-state index contributed by atoms with van der Waals surface area (Å²) in [5.74, 6) is 0.901. The predicted octanol–water partition coefficient (Wildman–Crippen LogP) is 7.56. The molecule has 0 unspecified atom stereocenters. The van der Waals surface area contributed by atoms with E-state index in [2.05, 4.69) is 54.2 Å². The van der Waals surface area contributed by atoms with Crippen molar-refractivity contribution in [2.45, 2.75) is 67.2 Å². The maximum Gasteiger partial charge on any atom is 0.192 e. The van der Waals surface area contributed by atoms with Gasteiger partial charge in [0, 0.05) is 16.0 Å². The van der Waals surface area contributed by atoms with Crippen LogP contribution in [-0.4, -0.2) is 5.78 Å². The SMILES string of the molecule is CC.CC(C)(C)c1ccc(C(=O)C2=CCC=C(S)C=C2)cc1.CC(C)C. The lowest BCUT2D eigenvalue weighted by Gasteiger charge is -2.19. The van der Waals surface area contributed by atoms with Gasteiger partial charge in [-0.25, -0.2) is 0 Å². The van der Waals surface area contributed by atoms with Gasteiger partial charge in [0.15, 0.2) is 5.78 Å². The first-order chi connectivity index (χ1) is 12.1. The van der Waals surface area contributed by atoms with E-state index in [0.717, 1.165) is 28.4 Å². The van der Waals surface area contributed by atoms with E-state index in [1.54, 1.807) is 0 Å². The molecule has 0 aliphatic heterocycles. The first kappa shape index (κ1) is 24.5. The van der Waals surface area contributed by atoms with Crippen molar-refractivity contribution in [3.05, 3.63) is 70.2 Å². The number of rotatable bonds is 2. The Morgan fingerprint density at radius 1 is 0.962 bits per heavy atom. The van der Waals surface area contributed by atoms with Crippen LogP contribution in [0.1, 0.15) is 77.7 Å². The number of benzene rings is 1. The summed E-state index contributed by atoms with van der Waals surface area (Å²) in [4.78, 5) is 13.3. The molecular weight excluding hydrogens is 336 g/mol. The highest BCUT2D eigenvalue weighted by atomic mass is 32.1. The van der Waals surface area contributed by atoms with Crippen molar-refractivity contribution in [3.63, 3.8) is 0 Å². The largest absolute Gasteiger partial charge is 0.289 e. The molecule has 1 nitrogen and oxygen atoms in total. The van der Waals surface area contributed by atoms with Gasteiger partial charge in [-0.15, -0.1) is 12.6 Å². The van der Waals surface area contributed by atoms with E-state index in [0.29, 0.717) is 0 Å². The van der Waals surface area contributed by atoms with Gasteiger partial charge < -0.3 is 0 Å². The molecule has 0 saturated carbocycles. The third kappa shape index (κ3) is 9.24. The summed E-state index contributed by atoms with van der Waals surface area (Å²) in [7, 11) is 0. The molecule has 0 atom stereocenters. The summed E-state index contributed by atoms with van der Waals surface area (Å²) in [6.45, 7) is 17.0. The Bertz CT molecular complexity index is 635. The maximum absolute atomic E-state index is 12.5. The highest BCUT2D eigenvalue weighted by Gasteiger charge is 2.15. The lowest BCUT2D eigenvalue weighted by Crippen LogP contribution is -2.11. The number of ketones is 1. The fourth-order valence-corrected chi connectivity index (χ4v) is 2.25. The zero-order valence-electron chi connectivity index (χ0n) is 17.8. The molecule has 0 spiro atoms. The van der Waals surface area contributed by atoms with Crippen LogP contribution in [0.2, 0.25) is 0 Å². The monoisotopic (exact) mass is 372 g/mol. The molecule has 2 rings (SSSR count). The van der Waals surface area contributed by atoms with Crippen molar-refractivity contribution < 1.29 is 4.79 Å². The van der Waals surface area contributed by atoms with Crippen LogP contribution in [0.25, 0.3) is 0 Å². The Hall–Kier alpha value is -1.54. The van der Waals surface area contributed by atoms with Gasteiger partial charge in [-0.3, -0.25) is 4.79 Å². The molecular formula is C24H36OS. The Morgan fingerprint density at radius 3 is 1.92 bits per heavy atom. The van der Waals surface area contributed by atoms with Crippen LogP contribution < -0.4 is 0 Å². The Morgan fingerprint density at radius 2 is 1.46 bits per heavy atom. The van der Waals surface area contributed by atoms with Gasteiger partial charge in [-0.1, -0.05) is 97.9 Å². The van der Waals surface area contributed by atoms with Crippen LogP contribution in [0.15, 0.2) is 59.0 Å². The van der Waals surface area contributed by atoms with E-state index in [9.17, 15) is 4.79 Å². The first-order valence-corrected chi connectivity index (χ1v) is 9.98. The molecule has 1 aromatic carbocycles. The number of allylic oxidation sites excluding steroid dienone is 5. The maximum atomic E-state index is 12.5. The lowest BCUT2D eigenvalue weighted by molar-refractivity contribution is 0.103. The molecule has 0 saturated heterocycles. The van der Waals surface area contributed by atoms with Crippen LogP contribution in [0.3, 0.4) is 0 Å². The second-order valence-electron chi connectivity index (χ2n) is 7.75. The number of thiol groups is 1. The summed E-state index contributed by atoms with van der Waals surface area (Å²) >= 11 is 4.30. The second-order valence-corrected chi connectivity index (χ2v) is 8.26. The van der Waals surface area contributed by atoms with E-state index in [4.69, 9.17) is 0 Å². The highest BCUT2D eigenvalue weighted by molar-refractivity contribution is 7.84.